The predicted molar refractivity (Wildman–Crippen MR) is 109 cm³/mol. The van der Waals surface area contributed by atoms with E-state index in [-0.39, 0.29) is 17.2 Å². The Labute approximate surface area is 171 Å². The summed E-state index contributed by atoms with van der Waals surface area (Å²) in [6, 6.07) is 12.9. The molecule has 7 heteroatoms. The van der Waals surface area contributed by atoms with Gasteiger partial charge in [0.25, 0.3) is 0 Å². The van der Waals surface area contributed by atoms with Crippen molar-refractivity contribution in [2.45, 2.75) is 18.8 Å². The quantitative estimate of drug-likeness (QED) is 0.485. The van der Waals surface area contributed by atoms with Gasteiger partial charge in [0.15, 0.2) is 0 Å². The first-order chi connectivity index (χ1) is 14.7. The molecule has 2 aromatic heterocycles. The van der Waals surface area contributed by atoms with Crippen molar-refractivity contribution in [3.8, 4) is 22.5 Å². The van der Waals surface area contributed by atoms with Gasteiger partial charge in [0.05, 0.1) is 17.0 Å². The monoisotopic (exact) mass is 404 g/mol. The van der Waals surface area contributed by atoms with Crippen LogP contribution in [0.15, 0.2) is 54.7 Å². The molecule has 1 aliphatic heterocycles. The summed E-state index contributed by atoms with van der Waals surface area (Å²) in [6.07, 6.45) is 3.55. The van der Waals surface area contributed by atoms with Crippen LogP contribution in [-0.2, 0) is 4.74 Å². The average Bonchev–Trinajstić information content (AvgIpc) is 2.79. The Morgan fingerprint density at radius 1 is 0.867 bits per heavy atom. The van der Waals surface area contributed by atoms with Crippen molar-refractivity contribution >= 4 is 10.9 Å². The molecule has 1 aliphatic rings. The third-order valence-electron chi connectivity index (χ3n) is 5.37. The van der Waals surface area contributed by atoms with E-state index in [2.05, 4.69) is 15.2 Å². The van der Waals surface area contributed by atoms with Gasteiger partial charge in [-0.2, -0.15) is 0 Å². The summed E-state index contributed by atoms with van der Waals surface area (Å²) >= 11 is 0. The molecule has 30 heavy (non-hydrogen) atoms. The van der Waals surface area contributed by atoms with Crippen molar-refractivity contribution < 1.29 is 13.5 Å². The average molecular weight is 404 g/mol. The Morgan fingerprint density at radius 2 is 1.63 bits per heavy atom. The van der Waals surface area contributed by atoms with E-state index in [0.29, 0.717) is 18.7 Å². The molecular weight excluding hydrogens is 386 g/mol. The fourth-order valence-electron chi connectivity index (χ4n) is 3.82. The molecule has 0 spiro atoms. The van der Waals surface area contributed by atoms with Crippen LogP contribution in [0.3, 0.4) is 0 Å². The van der Waals surface area contributed by atoms with Gasteiger partial charge in [-0.1, -0.05) is 24.3 Å². The topological polar surface area (TPSA) is 60.8 Å². The van der Waals surface area contributed by atoms with Gasteiger partial charge in [0.2, 0.25) is 0 Å². The molecule has 150 valence electrons. The minimum atomic E-state index is -0.670. The smallest absolute Gasteiger partial charge is 0.135 e. The summed E-state index contributed by atoms with van der Waals surface area (Å²) in [4.78, 5) is 9.23. The third kappa shape index (κ3) is 3.41. The van der Waals surface area contributed by atoms with E-state index < -0.39 is 11.6 Å². The highest BCUT2D eigenvalue weighted by atomic mass is 19.1. The van der Waals surface area contributed by atoms with Gasteiger partial charge in [-0.25, -0.2) is 18.7 Å². The van der Waals surface area contributed by atoms with Crippen LogP contribution in [0.25, 0.3) is 33.4 Å². The summed E-state index contributed by atoms with van der Waals surface area (Å²) in [6.45, 7) is 1.43. The predicted octanol–water partition coefficient (Wildman–Crippen LogP) is 4.93. The number of ether oxygens (including phenoxy) is 1. The van der Waals surface area contributed by atoms with Crippen LogP contribution in [0.5, 0.6) is 0 Å². The molecular formula is C23H18F2N4O. The molecule has 5 nitrogen and oxygen atoms in total. The Balaban J connectivity index is 1.58. The molecule has 0 aliphatic carbocycles. The van der Waals surface area contributed by atoms with Gasteiger partial charge in [-0.15, -0.1) is 10.2 Å². The van der Waals surface area contributed by atoms with Gasteiger partial charge in [-0.05, 0) is 37.1 Å². The molecule has 0 unspecified atom stereocenters. The van der Waals surface area contributed by atoms with E-state index in [1.54, 1.807) is 12.3 Å². The lowest BCUT2D eigenvalue weighted by molar-refractivity contribution is 0.0836. The molecule has 0 amide bonds. The number of nitrogens with zero attached hydrogens (tertiary/aromatic N) is 4. The van der Waals surface area contributed by atoms with Crippen molar-refractivity contribution in [2.75, 3.05) is 13.2 Å². The minimum absolute atomic E-state index is 0.154. The Hall–Kier alpha value is -3.32. The van der Waals surface area contributed by atoms with Crippen LogP contribution in [0.2, 0.25) is 0 Å². The summed E-state index contributed by atoms with van der Waals surface area (Å²) < 4.78 is 33.8. The molecule has 1 saturated heterocycles. The first kappa shape index (κ1) is 18.7. The first-order valence-electron chi connectivity index (χ1n) is 9.82. The van der Waals surface area contributed by atoms with Crippen LogP contribution in [0, 0.1) is 11.6 Å². The van der Waals surface area contributed by atoms with Crippen LogP contribution in [0.4, 0.5) is 8.78 Å². The second-order valence-corrected chi connectivity index (χ2v) is 7.26. The second kappa shape index (κ2) is 7.84. The maximum Gasteiger partial charge on any atom is 0.135 e. The van der Waals surface area contributed by atoms with E-state index >= 15 is 0 Å². The molecule has 0 atom stereocenters. The molecule has 0 N–H and O–H groups in total. The molecule has 2 aromatic carbocycles. The van der Waals surface area contributed by atoms with Crippen LogP contribution in [0.1, 0.15) is 24.6 Å². The zero-order chi connectivity index (χ0) is 20.5. The summed E-state index contributed by atoms with van der Waals surface area (Å²) in [5.74, 6) is -0.269. The molecule has 0 radical (unpaired) electrons. The summed E-state index contributed by atoms with van der Waals surface area (Å²) in [5.41, 5.74) is 2.14. The number of aromatic nitrogens is 4. The van der Waals surface area contributed by atoms with Gasteiger partial charge < -0.3 is 4.74 Å². The Kier molecular flexibility index (Phi) is 4.88. The van der Waals surface area contributed by atoms with Gasteiger partial charge >= 0.3 is 0 Å². The van der Waals surface area contributed by atoms with Gasteiger partial charge in [0.1, 0.15) is 23.0 Å². The van der Waals surface area contributed by atoms with E-state index in [4.69, 9.17) is 9.72 Å². The van der Waals surface area contributed by atoms with Gasteiger partial charge in [0, 0.05) is 36.3 Å². The zero-order valence-corrected chi connectivity index (χ0v) is 16.1. The van der Waals surface area contributed by atoms with Crippen LogP contribution < -0.4 is 0 Å². The number of hydrogen-bond acceptors (Lipinski definition) is 5. The van der Waals surface area contributed by atoms with Crippen molar-refractivity contribution in [3.05, 3.63) is 72.2 Å². The molecule has 1 fully saturated rings. The van der Waals surface area contributed by atoms with Crippen molar-refractivity contribution in [2.24, 2.45) is 0 Å². The highest BCUT2D eigenvalue weighted by molar-refractivity contribution is 5.93. The number of halogens is 2. The van der Waals surface area contributed by atoms with E-state index in [1.807, 2.05) is 24.3 Å². The number of fused-ring (bicyclic) bond motifs is 1. The Morgan fingerprint density at radius 3 is 2.43 bits per heavy atom. The molecule has 3 heterocycles. The largest absolute Gasteiger partial charge is 0.381 e. The highest BCUT2D eigenvalue weighted by Gasteiger charge is 2.20. The van der Waals surface area contributed by atoms with E-state index in [0.717, 1.165) is 35.3 Å². The summed E-state index contributed by atoms with van der Waals surface area (Å²) in [7, 11) is 0. The summed E-state index contributed by atoms with van der Waals surface area (Å²) in [5, 5.41) is 9.13. The lowest BCUT2D eigenvalue weighted by Gasteiger charge is -2.21. The van der Waals surface area contributed by atoms with Gasteiger partial charge in [-0.3, -0.25) is 0 Å². The first-order valence-corrected chi connectivity index (χ1v) is 9.82. The fraction of sp³-hybridized carbons (Fsp3) is 0.217. The standard InChI is InChI=1S/C23H18F2N4O/c24-17-5-2-6-18(25)21(17)20-13-15-3-1-4-16(22(15)29-28-20)19-7-10-26-23(27-19)14-8-11-30-12-9-14/h1-7,10,13-14H,8-9,11-12H2. The second-order valence-electron chi connectivity index (χ2n) is 7.26. The van der Waals surface area contributed by atoms with E-state index in [1.165, 1.54) is 18.2 Å². The van der Waals surface area contributed by atoms with Crippen molar-refractivity contribution in [3.63, 3.8) is 0 Å². The SMILES string of the molecule is Fc1cccc(F)c1-c1cc2cccc(-c3ccnc(C4CCOCC4)n3)c2nn1. The minimum Gasteiger partial charge on any atom is -0.381 e. The Bertz CT molecular complexity index is 1200. The number of rotatable bonds is 3. The lowest BCUT2D eigenvalue weighted by atomic mass is 9.99. The zero-order valence-electron chi connectivity index (χ0n) is 16.1. The fourth-order valence-corrected chi connectivity index (χ4v) is 3.82. The van der Waals surface area contributed by atoms with Crippen molar-refractivity contribution in [1.82, 2.24) is 20.2 Å². The lowest BCUT2D eigenvalue weighted by Crippen LogP contribution is -2.16. The van der Waals surface area contributed by atoms with Crippen LogP contribution >= 0.6 is 0 Å². The maximum atomic E-state index is 14.2. The third-order valence-corrected chi connectivity index (χ3v) is 5.37. The van der Waals surface area contributed by atoms with Crippen LogP contribution in [-0.4, -0.2) is 33.4 Å². The number of hydrogen-bond donors (Lipinski definition) is 0. The normalized spacial score (nSPS) is 14.9. The molecule has 0 bridgehead atoms. The molecule has 5 rings (SSSR count). The number of benzene rings is 2. The molecule has 0 saturated carbocycles. The highest BCUT2D eigenvalue weighted by Crippen LogP contribution is 2.31. The molecule has 4 aromatic rings. The maximum absolute atomic E-state index is 14.2. The van der Waals surface area contributed by atoms with E-state index in [9.17, 15) is 8.78 Å². The van der Waals surface area contributed by atoms with Crippen molar-refractivity contribution in [1.29, 1.82) is 0 Å².